The van der Waals surface area contributed by atoms with Crippen LogP contribution in [0.2, 0.25) is 0 Å². The van der Waals surface area contributed by atoms with Crippen LogP contribution in [0.5, 0.6) is 0 Å². The Hall–Kier alpha value is -2.38. The minimum atomic E-state index is -1.64. The van der Waals surface area contributed by atoms with Gasteiger partial charge in [0, 0.05) is 5.75 Å². The van der Waals surface area contributed by atoms with Crippen molar-refractivity contribution >= 4 is 42.2 Å². The van der Waals surface area contributed by atoms with E-state index in [2.05, 4.69) is 23.3 Å². The number of hydrogen-bond donors (Lipinski definition) is 8. The summed E-state index contributed by atoms with van der Waals surface area (Å²) in [5, 5.41) is 24.4. The number of aliphatic hydroxyl groups is 1. The molecule has 0 fully saturated rings. The number of nitrogens with two attached hydrogens (primary N) is 2. The third kappa shape index (κ3) is 8.54. The molecule has 0 aliphatic heterocycles. The van der Waals surface area contributed by atoms with Crippen molar-refractivity contribution in [1.82, 2.24) is 16.0 Å². The normalized spacial score (nSPS) is 15.1. The van der Waals surface area contributed by atoms with E-state index in [1.807, 2.05) is 5.32 Å². The molecule has 0 aromatic heterocycles. The maximum atomic E-state index is 12.4. The first kappa shape index (κ1) is 25.6. The fourth-order valence-corrected chi connectivity index (χ4v) is 2.16. The molecule has 0 rings (SSSR count). The molecule has 0 radical (unpaired) electrons. The van der Waals surface area contributed by atoms with Crippen LogP contribution >= 0.6 is 12.6 Å². The molecule has 12 nitrogen and oxygen atoms in total. The van der Waals surface area contributed by atoms with E-state index in [0.29, 0.717) is 0 Å². The van der Waals surface area contributed by atoms with Gasteiger partial charge in [-0.2, -0.15) is 12.6 Å². The van der Waals surface area contributed by atoms with E-state index in [-0.39, 0.29) is 11.7 Å². The molecule has 4 atom stereocenters. The summed E-state index contributed by atoms with van der Waals surface area (Å²) < 4.78 is 0. The van der Waals surface area contributed by atoms with Gasteiger partial charge in [-0.25, -0.2) is 4.79 Å². The van der Waals surface area contributed by atoms with Gasteiger partial charge in [0.15, 0.2) is 0 Å². The molecule has 4 unspecified atom stereocenters. The Morgan fingerprint density at radius 3 is 1.79 bits per heavy atom. The molecule has 0 aromatic rings. The number of nitrogens with one attached hydrogen (secondary N) is 3. The van der Waals surface area contributed by atoms with Gasteiger partial charge in [-0.15, -0.1) is 0 Å². The van der Waals surface area contributed by atoms with Gasteiger partial charge in [-0.3, -0.25) is 19.2 Å². The van der Waals surface area contributed by atoms with Crippen LogP contribution in [-0.4, -0.2) is 76.3 Å². The zero-order chi connectivity index (χ0) is 22.0. The number of carbonyl (C=O) groups is 5. The maximum Gasteiger partial charge on any atom is 0.328 e. The Labute approximate surface area is 167 Å². The number of carboxylic acids is 1. The number of aliphatic carboxylic acids is 1. The minimum absolute atomic E-state index is 0.137. The number of primary amides is 1. The summed E-state index contributed by atoms with van der Waals surface area (Å²) in [7, 11) is 0. The average Bonchev–Trinajstić information content (AvgIpc) is 2.61. The molecule has 160 valence electrons. The second-order valence-electron chi connectivity index (χ2n) is 6.33. The van der Waals surface area contributed by atoms with Gasteiger partial charge in [0.1, 0.15) is 18.1 Å². The van der Waals surface area contributed by atoms with Crippen LogP contribution in [0, 0.1) is 5.92 Å². The van der Waals surface area contributed by atoms with Crippen molar-refractivity contribution in [2.45, 2.75) is 44.4 Å². The standard InChI is InChI=1S/C15H27N5O7S/c1-6(2)11(17)14(25)20-9(5-28)13(24)18-7(3-10(16)22)12(23)19-8(4-21)15(26)27/h6-9,11,21,28H,3-5,17H2,1-2H3,(H2,16,22)(H,18,24)(H,19,23)(H,20,25)(H,26,27). The first-order valence-corrected chi connectivity index (χ1v) is 8.97. The SMILES string of the molecule is CC(C)C(N)C(=O)NC(CS)C(=O)NC(CC(N)=O)C(=O)NC(CO)C(=O)O. The van der Waals surface area contributed by atoms with Crippen molar-refractivity contribution in [1.29, 1.82) is 0 Å². The van der Waals surface area contributed by atoms with Crippen molar-refractivity contribution in [2.75, 3.05) is 12.4 Å². The molecule has 9 N–H and O–H groups in total. The Morgan fingerprint density at radius 2 is 1.39 bits per heavy atom. The molecule has 4 amide bonds. The molecule has 28 heavy (non-hydrogen) atoms. The van der Waals surface area contributed by atoms with Crippen molar-refractivity contribution in [3.05, 3.63) is 0 Å². The number of amides is 4. The fraction of sp³-hybridized carbons (Fsp3) is 0.667. The molecular formula is C15H27N5O7S. The summed E-state index contributed by atoms with van der Waals surface area (Å²) >= 11 is 3.97. The quantitative estimate of drug-likeness (QED) is 0.146. The summed E-state index contributed by atoms with van der Waals surface area (Å²) in [4.78, 5) is 58.7. The second kappa shape index (κ2) is 12.2. The number of carbonyl (C=O) groups excluding carboxylic acids is 4. The van der Waals surface area contributed by atoms with E-state index in [0.717, 1.165) is 0 Å². The van der Waals surface area contributed by atoms with Gasteiger partial charge in [0.25, 0.3) is 0 Å². The summed E-state index contributed by atoms with van der Waals surface area (Å²) in [6, 6.07) is -5.20. The number of thiol groups is 1. The van der Waals surface area contributed by atoms with E-state index in [4.69, 9.17) is 21.7 Å². The zero-order valence-electron chi connectivity index (χ0n) is 15.5. The monoisotopic (exact) mass is 421 g/mol. The molecule has 0 bridgehead atoms. The lowest BCUT2D eigenvalue weighted by molar-refractivity contribution is -0.143. The first-order valence-electron chi connectivity index (χ1n) is 8.34. The van der Waals surface area contributed by atoms with E-state index in [1.54, 1.807) is 13.8 Å². The van der Waals surface area contributed by atoms with E-state index in [1.165, 1.54) is 0 Å². The predicted molar refractivity (Wildman–Crippen MR) is 101 cm³/mol. The summed E-state index contributed by atoms with van der Waals surface area (Å²) in [5.74, 6) is -5.28. The number of aliphatic hydroxyl groups excluding tert-OH is 1. The van der Waals surface area contributed by atoms with Crippen LogP contribution in [0.25, 0.3) is 0 Å². The highest BCUT2D eigenvalue weighted by molar-refractivity contribution is 7.80. The van der Waals surface area contributed by atoms with Gasteiger partial charge in [0.05, 0.1) is 19.1 Å². The number of carboxylic acid groups (broad SMARTS) is 1. The molecule has 13 heteroatoms. The molecule has 0 heterocycles. The second-order valence-corrected chi connectivity index (χ2v) is 6.69. The van der Waals surface area contributed by atoms with Crippen molar-refractivity contribution in [3.8, 4) is 0 Å². The lowest BCUT2D eigenvalue weighted by Crippen LogP contribution is -2.59. The molecule has 0 saturated heterocycles. The lowest BCUT2D eigenvalue weighted by Gasteiger charge is -2.24. The summed E-state index contributed by atoms with van der Waals surface area (Å²) in [6.07, 6.45) is -0.631. The molecule has 0 aliphatic carbocycles. The topological polar surface area (TPSA) is 214 Å². The van der Waals surface area contributed by atoms with Gasteiger partial charge in [0.2, 0.25) is 23.6 Å². The average molecular weight is 421 g/mol. The van der Waals surface area contributed by atoms with Gasteiger partial charge in [-0.1, -0.05) is 13.8 Å². The summed E-state index contributed by atoms with van der Waals surface area (Å²) in [5.41, 5.74) is 10.8. The molecule has 0 aromatic carbocycles. The van der Waals surface area contributed by atoms with Crippen LogP contribution in [0.4, 0.5) is 0 Å². The highest BCUT2D eigenvalue weighted by Gasteiger charge is 2.30. The third-order valence-corrected chi connectivity index (χ3v) is 4.04. The Kier molecular flexibility index (Phi) is 11.1. The number of hydrogen-bond acceptors (Lipinski definition) is 8. The van der Waals surface area contributed by atoms with Crippen molar-refractivity contribution in [2.24, 2.45) is 17.4 Å². The maximum absolute atomic E-state index is 12.4. The first-order chi connectivity index (χ1) is 12.9. The van der Waals surface area contributed by atoms with E-state index < -0.39 is 66.8 Å². The van der Waals surface area contributed by atoms with Crippen LogP contribution in [0.1, 0.15) is 20.3 Å². The van der Waals surface area contributed by atoms with Crippen LogP contribution in [0.3, 0.4) is 0 Å². The minimum Gasteiger partial charge on any atom is -0.480 e. The molecule has 0 aliphatic rings. The number of rotatable bonds is 12. The lowest BCUT2D eigenvalue weighted by atomic mass is 10.0. The van der Waals surface area contributed by atoms with Gasteiger partial charge in [-0.05, 0) is 5.92 Å². The van der Waals surface area contributed by atoms with Crippen LogP contribution in [0.15, 0.2) is 0 Å². The Balaban J connectivity index is 5.21. The highest BCUT2D eigenvalue weighted by atomic mass is 32.1. The fourth-order valence-electron chi connectivity index (χ4n) is 1.91. The Morgan fingerprint density at radius 1 is 0.929 bits per heavy atom. The zero-order valence-corrected chi connectivity index (χ0v) is 16.4. The van der Waals surface area contributed by atoms with Gasteiger partial charge < -0.3 is 37.6 Å². The molecule has 0 saturated carbocycles. The molecule has 0 spiro atoms. The smallest absolute Gasteiger partial charge is 0.328 e. The van der Waals surface area contributed by atoms with Crippen LogP contribution < -0.4 is 27.4 Å². The van der Waals surface area contributed by atoms with E-state index in [9.17, 15) is 24.0 Å². The third-order valence-electron chi connectivity index (χ3n) is 3.67. The van der Waals surface area contributed by atoms with Crippen molar-refractivity contribution in [3.63, 3.8) is 0 Å². The molecular weight excluding hydrogens is 394 g/mol. The van der Waals surface area contributed by atoms with Crippen LogP contribution in [-0.2, 0) is 24.0 Å². The van der Waals surface area contributed by atoms with Gasteiger partial charge >= 0.3 is 5.97 Å². The summed E-state index contributed by atoms with van der Waals surface area (Å²) in [6.45, 7) is 2.53. The predicted octanol–water partition coefficient (Wildman–Crippen LogP) is -3.69. The Bertz CT molecular complexity index is 601. The highest BCUT2D eigenvalue weighted by Crippen LogP contribution is 2.01. The van der Waals surface area contributed by atoms with Crippen molar-refractivity contribution < 1.29 is 34.2 Å². The van der Waals surface area contributed by atoms with E-state index >= 15 is 0 Å². The largest absolute Gasteiger partial charge is 0.480 e.